The predicted octanol–water partition coefficient (Wildman–Crippen LogP) is 3.26. The number of rotatable bonds is 2. The third-order valence-corrected chi connectivity index (χ3v) is 5.99. The zero-order valence-electron chi connectivity index (χ0n) is 10.4. The van der Waals surface area contributed by atoms with E-state index in [4.69, 9.17) is 4.98 Å². The maximum atomic E-state index is 4.79. The molecule has 1 fully saturated rings. The zero-order valence-corrected chi connectivity index (χ0v) is 12.8. The minimum Gasteiger partial charge on any atom is -0.306 e. The monoisotopic (exact) mass is 297 g/mol. The summed E-state index contributed by atoms with van der Waals surface area (Å²) in [6.07, 6.45) is 0. The van der Waals surface area contributed by atoms with Crippen molar-refractivity contribution in [3.8, 4) is 10.6 Å². The van der Waals surface area contributed by atoms with Crippen molar-refractivity contribution in [1.29, 1.82) is 0 Å². The second kappa shape index (κ2) is 5.28. The first-order valence-electron chi connectivity index (χ1n) is 5.95. The molecule has 2 aromatic heterocycles. The molecule has 18 heavy (non-hydrogen) atoms. The minimum absolute atomic E-state index is 0.428. The van der Waals surface area contributed by atoms with Gasteiger partial charge in [-0.1, -0.05) is 0 Å². The van der Waals surface area contributed by atoms with Crippen LogP contribution < -0.4 is 5.32 Å². The molecule has 1 unspecified atom stereocenters. The molecule has 3 heterocycles. The van der Waals surface area contributed by atoms with Gasteiger partial charge in [0.15, 0.2) is 0 Å². The maximum Gasteiger partial charge on any atom is 0.111 e. The third-order valence-electron chi connectivity index (χ3n) is 2.88. The van der Waals surface area contributed by atoms with E-state index in [2.05, 4.69) is 22.6 Å². The van der Waals surface area contributed by atoms with E-state index in [1.165, 1.54) is 15.6 Å². The van der Waals surface area contributed by atoms with Crippen LogP contribution in [0.5, 0.6) is 0 Å². The molecule has 0 saturated carbocycles. The Hall–Kier alpha value is -0.430. The lowest BCUT2D eigenvalue weighted by Gasteiger charge is -2.20. The average Bonchev–Trinajstić information content (AvgIpc) is 2.97. The van der Waals surface area contributed by atoms with Crippen molar-refractivity contribution in [2.75, 3.05) is 18.1 Å². The summed E-state index contributed by atoms with van der Waals surface area (Å²) in [6.45, 7) is 5.20. The summed E-state index contributed by atoms with van der Waals surface area (Å²) in [5.41, 5.74) is 2.19. The molecule has 1 aliphatic rings. The van der Waals surface area contributed by atoms with Crippen molar-refractivity contribution in [1.82, 2.24) is 15.3 Å². The summed E-state index contributed by atoms with van der Waals surface area (Å²) in [6, 6.07) is 0.428. The Morgan fingerprint density at radius 1 is 1.33 bits per heavy atom. The van der Waals surface area contributed by atoms with Gasteiger partial charge in [0.05, 0.1) is 27.3 Å². The van der Waals surface area contributed by atoms with Gasteiger partial charge in [-0.15, -0.1) is 22.7 Å². The number of nitrogens with one attached hydrogen (secondary N) is 1. The first-order chi connectivity index (χ1) is 8.74. The molecule has 2 aromatic rings. The van der Waals surface area contributed by atoms with Crippen LogP contribution in [0.4, 0.5) is 0 Å². The van der Waals surface area contributed by atoms with Gasteiger partial charge in [-0.3, -0.25) is 0 Å². The Bertz CT molecular complexity index is 541. The topological polar surface area (TPSA) is 37.8 Å². The molecule has 1 aliphatic heterocycles. The number of aromatic nitrogens is 2. The molecule has 1 N–H and O–H groups in total. The molecular weight excluding hydrogens is 282 g/mol. The Morgan fingerprint density at radius 2 is 2.22 bits per heavy atom. The fraction of sp³-hybridized carbons (Fsp3) is 0.500. The number of aryl methyl sites for hydroxylation is 2. The first-order valence-corrected chi connectivity index (χ1v) is 8.80. The summed E-state index contributed by atoms with van der Waals surface area (Å²) in [5, 5.41) is 8.02. The molecule has 1 atom stereocenters. The van der Waals surface area contributed by atoms with Crippen molar-refractivity contribution in [3.05, 3.63) is 21.1 Å². The molecular formula is C12H15N3S3. The predicted molar refractivity (Wildman–Crippen MR) is 80.8 cm³/mol. The fourth-order valence-corrected chi connectivity index (χ4v) is 4.93. The van der Waals surface area contributed by atoms with Gasteiger partial charge in [-0.25, -0.2) is 9.97 Å². The molecule has 3 nitrogen and oxygen atoms in total. The van der Waals surface area contributed by atoms with E-state index in [9.17, 15) is 0 Å². The van der Waals surface area contributed by atoms with E-state index in [0.717, 1.165) is 28.7 Å². The maximum absolute atomic E-state index is 4.79. The minimum atomic E-state index is 0.428. The van der Waals surface area contributed by atoms with E-state index in [0.29, 0.717) is 6.04 Å². The van der Waals surface area contributed by atoms with E-state index >= 15 is 0 Å². The highest BCUT2D eigenvalue weighted by molar-refractivity contribution is 7.99. The van der Waals surface area contributed by atoms with E-state index < -0.39 is 0 Å². The van der Waals surface area contributed by atoms with Gasteiger partial charge in [0, 0.05) is 23.4 Å². The SMILES string of the molecule is Cc1nc(C)c(-c2csc(C3CSCCN3)n2)s1. The number of nitrogens with zero attached hydrogens (tertiary/aromatic N) is 2. The van der Waals surface area contributed by atoms with Crippen molar-refractivity contribution >= 4 is 34.4 Å². The van der Waals surface area contributed by atoms with Gasteiger partial charge in [-0.2, -0.15) is 11.8 Å². The largest absolute Gasteiger partial charge is 0.306 e. The van der Waals surface area contributed by atoms with Crippen molar-refractivity contribution < 1.29 is 0 Å². The van der Waals surface area contributed by atoms with Gasteiger partial charge >= 0.3 is 0 Å². The highest BCUT2D eigenvalue weighted by Crippen LogP contribution is 2.33. The van der Waals surface area contributed by atoms with Crippen LogP contribution in [0.25, 0.3) is 10.6 Å². The molecule has 0 bridgehead atoms. The van der Waals surface area contributed by atoms with Crippen LogP contribution in [0, 0.1) is 13.8 Å². The average molecular weight is 297 g/mol. The second-order valence-electron chi connectivity index (χ2n) is 4.30. The molecule has 0 amide bonds. The van der Waals surface area contributed by atoms with Crippen LogP contribution in [0.3, 0.4) is 0 Å². The molecule has 0 radical (unpaired) electrons. The molecule has 96 valence electrons. The fourth-order valence-electron chi connectivity index (χ4n) is 2.04. The molecule has 6 heteroatoms. The Morgan fingerprint density at radius 3 is 2.89 bits per heavy atom. The van der Waals surface area contributed by atoms with Crippen LogP contribution in [0.1, 0.15) is 21.8 Å². The molecule has 0 aliphatic carbocycles. The van der Waals surface area contributed by atoms with E-state index in [1.807, 2.05) is 18.7 Å². The van der Waals surface area contributed by atoms with Gasteiger partial charge in [0.2, 0.25) is 0 Å². The third kappa shape index (κ3) is 2.47. The zero-order chi connectivity index (χ0) is 12.5. The Kier molecular flexibility index (Phi) is 3.70. The number of hydrogen-bond acceptors (Lipinski definition) is 6. The molecule has 1 saturated heterocycles. The van der Waals surface area contributed by atoms with E-state index in [-0.39, 0.29) is 0 Å². The summed E-state index contributed by atoms with van der Waals surface area (Å²) >= 11 is 5.50. The van der Waals surface area contributed by atoms with E-state index in [1.54, 1.807) is 22.7 Å². The standard InChI is InChI=1S/C12H15N3S3/c1-7-11(18-8(2)14-7)9-6-17-12(15-9)10-5-16-4-3-13-10/h6,10,13H,3-5H2,1-2H3. The lowest BCUT2D eigenvalue weighted by atomic mass is 10.3. The normalized spacial score (nSPS) is 20.2. The molecule has 0 aromatic carbocycles. The Balaban J connectivity index is 1.86. The summed E-state index contributed by atoms with van der Waals surface area (Å²) < 4.78 is 0. The molecule has 3 rings (SSSR count). The van der Waals surface area contributed by atoms with Crippen LogP contribution in [-0.2, 0) is 0 Å². The number of thioether (sulfide) groups is 1. The highest BCUT2D eigenvalue weighted by Gasteiger charge is 2.19. The summed E-state index contributed by atoms with van der Waals surface area (Å²) in [7, 11) is 0. The lowest BCUT2D eigenvalue weighted by molar-refractivity contribution is 0.592. The van der Waals surface area contributed by atoms with Crippen molar-refractivity contribution in [3.63, 3.8) is 0 Å². The lowest BCUT2D eigenvalue weighted by Crippen LogP contribution is -2.30. The Labute approximate surface area is 119 Å². The highest BCUT2D eigenvalue weighted by atomic mass is 32.2. The van der Waals surface area contributed by atoms with Crippen LogP contribution in [0.15, 0.2) is 5.38 Å². The quantitative estimate of drug-likeness (QED) is 0.923. The number of hydrogen-bond donors (Lipinski definition) is 1. The van der Waals surface area contributed by atoms with Gasteiger partial charge in [0.1, 0.15) is 5.01 Å². The number of thiazole rings is 2. The first kappa shape index (κ1) is 12.6. The summed E-state index contributed by atoms with van der Waals surface area (Å²) in [5.74, 6) is 2.34. The van der Waals surface area contributed by atoms with Crippen molar-refractivity contribution in [2.24, 2.45) is 0 Å². The summed E-state index contributed by atoms with van der Waals surface area (Å²) in [4.78, 5) is 10.5. The van der Waals surface area contributed by atoms with Gasteiger partial charge in [0.25, 0.3) is 0 Å². The van der Waals surface area contributed by atoms with Crippen LogP contribution >= 0.6 is 34.4 Å². The molecule has 0 spiro atoms. The smallest absolute Gasteiger partial charge is 0.111 e. The van der Waals surface area contributed by atoms with Crippen LogP contribution in [-0.4, -0.2) is 28.0 Å². The van der Waals surface area contributed by atoms with Gasteiger partial charge < -0.3 is 5.32 Å². The second-order valence-corrected chi connectivity index (χ2v) is 7.54. The van der Waals surface area contributed by atoms with Crippen molar-refractivity contribution in [2.45, 2.75) is 19.9 Å². The van der Waals surface area contributed by atoms with Gasteiger partial charge in [-0.05, 0) is 13.8 Å². The van der Waals surface area contributed by atoms with Crippen LogP contribution in [0.2, 0.25) is 0 Å².